The monoisotopic (exact) mass is 352 g/mol. The summed E-state index contributed by atoms with van der Waals surface area (Å²) in [6.07, 6.45) is 4.27. The van der Waals surface area contributed by atoms with E-state index in [0.717, 1.165) is 41.6 Å². The van der Waals surface area contributed by atoms with Gasteiger partial charge in [-0.25, -0.2) is 9.37 Å². The molecule has 0 saturated carbocycles. The Morgan fingerprint density at radius 2 is 2.12 bits per heavy atom. The van der Waals surface area contributed by atoms with Crippen molar-refractivity contribution in [2.24, 2.45) is 5.73 Å². The minimum atomic E-state index is -0.722. The molecular weight excluding hydrogens is 331 g/mol. The molecule has 0 spiro atoms. The highest BCUT2D eigenvalue weighted by Crippen LogP contribution is 2.29. The molecule has 134 valence electrons. The van der Waals surface area contributed by atoms with Crippen molar-refractivity contribution in [2.45, 2.75) is 25.6 Å². The molecule has 0 radical (unpaired) electrons. The smallest absolute Gasteiger partial charge is 0.250 e. The number of amides is 1. The molecule has 3 N–H and O–H groups in total. The molecule has 1 amide bonds. The summed E-state index contributed by atoms with van der Waals surface area (Å²) in [4.78, 5) is 21.5. The number of benzene rings is 1. The number of halogens is 1. The first kappa shape index (κ1) is 16.7. The maximum absolute atomic E-state index is 13.5. The van der Waals surface area contributed by atoms with Crippen LogP contribution in [0.15, 0.2) is 42.7 Å². The predicted molar refractivity (Wildman–Crippen MR) is 99.5 cm³/mol. The van der Waals surface area contributed by atoms with Gasteiger partial charge in [0.15, 0.2) is 0 Å². The van der Waals surface area contributed by atoms with Gasteiger partial charge in [-0.15, -0.1) is 0 Å². The zero-order chi connectivity index (χ0) is 18.1. The quantitative estimate of drug-likeness (QED) is 0.757. The summed E-state index contributed by atoms with van der Waals surface area (Å²) < 4.78 is 13.5. The first-order chi connectivity index (χ1) is 12.6. The largest absolute Gasteiger partial charge is 0.366 e. The van der Waals surface area contributed by atoms with Crippen molar-refractivity contribution in [1.82, 2.24) is 14.9 Å². The number of rotatable bonds is 4. The fourth-order valence-corrected chi connectivity index (χ4v) is 3.68. The number of nitrogens with one attached hydrogen (secondary N) is 1. The Hall–Kier alpha value is -2.73. The second-order valence-electron chi connectivity index (χ2n) is 6.82. The molecule has 5 nitrogen and oxygen atoms in total. The number of piperidine rings is 1. The third-order valence-corrected chi connectivity index (χ3v) is 4.95. The normalized spacial score (nSPS) is 18.3. The van der Waals surface area contributed by atoms with Gasteiger partial charge >= 0.3 is 0 Å². The van der Waals surface area contributed by atoms with Crippen LogP contribution in [0.4, 0.5) is 4.39 Å². The number of fused-ring (bicyclic) bond motifs is 1. The van der Waals surface area contributed by atoms with E-state index >= 15 is 0 Å². The number of aromatic nitrogens is 2. The van der Waals surface area contributed by atoms with Gasteiger partial charge < -0.3 is 10.7 Å². The summed E-state index contributed by atoms with van der Waals surface area (Å²) in [5.74, 6) is -0.474. The number of hydrogen-bond acceptors (Lipinski definition) is 3. The van der Waals surface area contributed by atoms with E-state index in [9.17, 15) is 9.18 Å². The second-order valence-corrected chi connectivity index (χ2v) is 6.82. The van der Waals surface area contributed by atoms with Gasteiger partial charge in [-0.05, 0) is 36.6 Å². The van der Waals surface area contributed by atoms with Crippen LogP contribution in [0, 0.1) is 0 Å². The van der Waals surface area contributed by atoms with Crippen molar-refractivity contribution in [3.63, 3.8) is 0 Å². The van der Waals surface area contributed by atoms with Gasteiger partial charge in [0.05, 0.1) is 5.56 Å². The van der Waals surface area contributed by atoms with Crippen LogP contribution in [-0.2, 0) is 6.54 Å². The first-order valence-corrected chi connectivity index (χ1v) is 8.83. The van der Waals surface area contributed by atoms with Gasteiger partial charge in [0.25, 0.3) is 0 Å². The zero-order valence-electron chi connectivity index (χ0n) is 14.4. The molecule has 1 aromatic carbocycles. The van der Waals surface area contributed by atoms with E-state index < -0.39 is 12.1 Å². The maximum Gasteiger partial charge on any atom is 0.250 e. The standard InChI is InChI=1S/C20H21FN4O/c21-15-2-1-9-25(12-15)11-13-3-5-14(6-4-13)17-10-24-20-16(7-8-23-20)18(17)19(22)26/h3-8,10,15H,1-2,9,11-12H2,(H2,22,26)(H,23,24). The lowest BCUT2D eigenvalue weighted by atomic mass is 9.98. The van der Waals surface area contributed by atoms with E-state index in [1.54, 1.807) is 12.4 Å². The number of carbonyl (C=O) groups is 1. The van der Waals surface area contributed by atoms with Gasteiger partial charge in [-0.3, -0.25) is 9.69 Å². The van der Waals surface area contributed by atoms with Gasteiger partial charge in [0, 0.05) is 36.4 Å². The van der Waals surface area contributed by atoms with Crippen molar-refractivity contribution in [3.8, 4) is 11.1 Å². The molecule has 1 aliphatic heterocycles. The van der Waals surface area contributed by atoms with Crippen LogP contribution in [0.2, 0.25) is 0 Å². The van der Waals surface area contributed by atoms with Crippen LogP contribution < -0.4 is 5.73 Å². The second kappa shape index (κ2) is 6.88. The van der Waals surface area contributed by atoms with Gasteiger partial charge in [0.1, 0.15) is 11.8 Å². The Kier molecular flexibility index (Phi) is 4.42. The summed E-state index contributed by atoms with van der Waals surface area (Å²) in [5, 5.41) is 0.724. The van der Waals surface area contributed by atoms with Gasteiger partial charge in [-0.2, -0.15) is 0 Å². The van der Waals surface area contributed by atoms with Crippen LogP contribution in [0.1, 0.15) is 28.8 Å². The number of likely N-dealkylation sites (tertiary alicyclic amines) is 1. The van der Waals surface area contributed by atoms with Gasteiger partial charge in [-0.1, -0.05) is 24.3 Å². The summed E-state index contributed by atoms with van der Waals surface area (Å²) in [5.41, 5.74) is 9.47. The number of primary amides is 1. The van der Waals surface area contributed by atoms with E-state index in [-0.39, 0.29) is 0 Å². The molecule has 0 bridgehead atoms. The molecular formula is C20H21FN4O. The Bertz CT molecular complexity index is 935. The van der Waals surface area contributed by atoms with E-state index in [1.807, 2.05) is 30.3 Å². The van der Waals surface area contributed by atoms with E-state index in [4.69, 9.17) is 5.73 Å². The molecule has 0 aliphatic carbocycles. The summed E-state index contributed by atoms with van der Waals surface area (Å²) >= 11 is 0. The Balaban J connectivity index is 1.62. The molecule has 26 heavy (non-hydrogen) atoms. The number of carbonyl (C=O) groups excluding carboxylic acids is 1. The number of H-pyrrole nitrogens is 1. The summed E-state index contributed by atoms with van der Waals surface area (Å²) in [6, 6.07) is 9.78. The zero-order valence-corrected chi connectivity index (χ0v) is 14.4. The van der Waals surface area contributed by atoms with Crippen LogP contribution in [0.5, 0.6) is 0 Å². The SMILES string of the molecule is NC(=O)c1c(-c2ccc(CN3CCCC(F)C3)cc2)cnc2[nH]ccc12. The number of nitrogens with two attached hydrogens (primary N) is 1. The number of hydrogen-bond donors (Lipinski definition) is 2. The fraction of sp³-hybridized carbons (Fsp3) is 0.300. The predicted octanol–water partition coefficient (Wildman–Crippen LogP) is 3.26. The lowest BCUT2D eigenvalue weighted by molar-refractivity contribution is 0.100. The molecule has 1 aliphatic rings. The topological polar surface area (TPSA) is 75.0 Å². The minimum absolute atomic E-state index is 0.473. The average molecular weight is 352 g/mol. The number of pyridine rings is 1. The van der Waals surface area contributed by atoms with Crippen LogP contribution in [0.3, 0.4) is 0 Å². The van der Waals surface area contributed by atoms with Crippen molar-refractivity contribution in [1.29, 1.82) is 0 Å². The number of nitrogens with zero attached hydrogens (tertiary/aromatic N) is 2. The van der Waals surface area contributed by atoms with Crippen LogP contribution in [-0.4, -0.2) is 40.0 Å². The van der Waals surface area contributed by atoms with Crippen molar-refractivity contribution >= 4 is 16.9 Å². The highest BCUT2D eigenvalue weighted by Gasteiger charge is 2.19. The van der Waals surface area contributed by atoms with Crippen molar-refractivity contribution in [3.05, 3.63) is 53.9 Å². The summed E-state index contributed by atoms with van der Waals surface area (Å²) in [6.45, 7) is 2.17. The molecule has 3 heterocycles. The van der Waals surface area contributed by atoms with Crippen LogP contribution in [0.25, 0.3) is 22.2 Å². The maximum atomic E-state index is 13.5. The Labute approximate surface area is 151 Å². The molecule has 6 heteroatoms. The lowest BCUT2D eigenvalue weighted by Gasteiger charge is -2.28. The fourth-order valence-electron chi connectivity index (χ4n) is 3.68. The van der Waals surface area contributed by atoms with Crippen LogP contribution >= 0.6 is 0 Å². The number of aromatic amines is 1. The highest BCUT2D eigenvalue weighted by molar-refractivity contribution is 6.10. The minimum Gasteiger partial charge on any atom is -0.366 e. The Morgan fingerprint density at radius 1 is 1.31 bits per heavy atom. The molecule has 1 unspecified atom stereocenters. The molecule has 1 atom stereocenters. The third-order valence-electron chi connectivity index (χ3n) is 4.95. The van der Waals surface area contributed by atoms with E-state index in [0.29, 0.717) is 24.2 Å². The molecule has 2 aromatic heterocycles. The van der Waals surface area contributed by atoms with Gasteiger partial charge in [0.2, 0.25) is 5.91 Å². The molecule has 4 rings (SSSR count). The number of alkyl halides is 1. The Morgan fingerprint density at radius 3 is 2.85 bits per heavy atom. The average Bonchev–Trinajstić information content (AvgIpc) is 3.10. The first-order valence-electron chi connectivity index (χ1n) is 8.83. The third kappa shape index (κ3) is 3.20. The molecule has 1 fully saturated rings. The molecule has 3 aromatic rings. The van der Waals surface area contributed by atoms with E-state index in [2.05, 4.69) is 14.9 Å². The van der Waals surface area contributed by atoms with Crippen molar-refractivity contribution in [2.75, 3.05) is 13.1 Å². The lowest BCUT2D eigenvalue weighted by Crippen LogP contribution is -2.35. The van der Waals surface area contributed by atoms with Crippen molar-refractivity contribution < 1.29 is 9.18 Å². The highest BCUT2D eigenvalue weighted by atomic mass is 19.1. The molecule has 1 saturated heterocycles. The van der Waals surface area contributed by atoms with E-state index in [1.165, 1.54) is 0 Å². The summed E-state index contributed by atoms with van der Waals surface area (Å²) in [7, 11) is 0.